The van der Waals surface area contributed by atoms with E-state index in [4.69, 9.17) is 10.5 Å². The first-order valence-electron chi connectivity index (χ1n) is 9.56. The number of hydrogen-bond donors (Lipinski definition) is 1. The van der Waals surface area contributed by atoms with Crippen molar-refractivity contribution in [2.24, 2.45) is 11.7 Å². The summed E-state index contributed by atoms with van der Waals surface area (Å²) in [6.45, 7) is 4.08. The predicted molar refractivity (Wildman–Crippen MR) is 99.3 cm³/mol. The lowest BCUT2D eigenvalue weighted by atomic mass is 9.97. The Morgan fingerprint density at radius 3 is 2.65 bits per heavy atom. The Bertz CT molecular complexity index is 616. The minimum absolute atomic E-state index is 0.0243. The van der Waals surface area contributed by atoms with Crippen LogP contribution in [0.5, 0.6) is 0 Å². The largest absolute Gasteiger partial charge is 0.445 e. The topological polar surface area (TPSA) is 75.9 Å². The van der Waals surface area contributed by atoms with Crippen LogP contribution in [0, 0.1) is 5.92 Å². The number of carbonyl (C=O) groups excluding carboxylic acids is 2. The van der Waals surface area contributed by atoms with E-state index in [1.165, 1.54) is 0 Å². The summed E-state index contributed by atoms with van der Waals surface area (Å²) in [6, 6.07) is 9.57. The molecule has 2 amide bonds. The number of carbonyl (C=O) groups is 2. The Balaban J connectivity index is 1.51. The molecule has 2 fully saturated rings. The minimum Gasteiger partial charge on any atom is -0.445 e. The number of ether oxygens (including phenoxy) is 1. The predicted octanol–water partition coefficient (Wildman–Crippen LogP) is 2.37. The van der Waals surface area contributed by atoms with Crippen molar-refractivity contribution >= 4 is 12.0 Å². The van der Waals surface area contributed by atoms with Gasteiger partial charge in [-0.05, 0) is 44.1 Å². The molecule has 142 valence electrons. The van der Waals surface area contributed by atoms with Gasteiger partial charge in [-0.2, -0.15) is 0 Å². The standard InChI is InChI=1S/C20H29N3O3/c1-15(21)19(24)23(18-9-10-18)13-17-8-5-11-22(12-17)20(25)26-14-16-6-3-2-4-7-16/h2-4,6-7,15,17-18H,5,8-14,21H2,1H3/t15-,17+/m0/s1. The van der Waals surface area contributed by atoms with E-state index < -0.39 is 6.04 Å². The molecule has 0 unspecified atom stereocenters. The summed E-state index contributed by atoms with van der Waals surface area (Å²) in [7, 11) is 0. The molecule has 1 aromatic rings. The third-order valence-corrected chi connectivity index (χ3v) is 5.10. The minimum atomic E-state index is -0.467. The van der Waals surface area contributed by atoms with E-state index in [9.17, 15) is 9.59 Å². The second-order valence-electron chi connectivity index (χ2n) is 7.50. The van der Waals surface area contributed by atoms with Crippen LogP contribution in [-0.4, -0.2) is 53.5 Å². The fourth-order valence-electron chi connectivity index (χ4n) is 3.54. The summed E-state index contributed by atoms with van der Waals surface area (Å²) in [4.78, 5) is 28.5. The van der Waals surface area contributed by atoms with Gasteiger partial charge in [-0.15, -0.1) is 0 Å². The van der Waals surface area contributed by atoms with Crippen LogP contribution >= 0.6 is 0 Å². The number of piperidine rings is 1. The number of hydrogen-bond acceptors (Lipinski definition) is 4. The second-order valence-corrected chi connectivity index (χ2v) is 7.50. The molecular weight excluding hydrogens is 330 g/mol. The summed E-state index contributed by atoms with van der Waals surface area (Å²) in [6.07, 6.45) is 3.82. The van der Waals surface area contributed by atoms with E-state index >= 15 is 0 Å². The highest BCUT2D eigenvalue weighted by Crippen LogP contribution is 2.30. The molecule has 1 heterocycles. The van der Waals surface area contributed by atoms with Gasteiger partial charge in [0.15, 0.2) is 0 Å². The molecule has 1 aliphatic heterocycles. The molecule has 0 aromatic heterocycles. The molecule has 2 atom stereocenters. The molecule has 1 saturated carbocycles. The third kappa shape index (κ3) is 4.97. The van der Waals surface area contributed by atoms with Crippen molar-refractivity contribution in [3.8, 4) is 0 Å². The average Bonchev–Trinajstić information content (AvgIpc) is 3.49. The van der Waals surface area contributed by atoms with Crippen LogP contribution in [0.15, 0.2) is 30.3 Å². The van der Waals surface area contributed by atoms with Gasteiger partial charge >= 0.3 is 6.09 Å². The van der Waals surface area contributed by atoms with Gasteiger partial charge in [-0.25, -0.2) is 4.79 Å². The van der Waals surface area contributed by atoms with Crippen molar-refractivity contribution in [1.29, 1.82) is 0 Å². The average molecular weight is 359 g/mol. The molecule has 1 aromatic carbocycles. The van der Waals surface area contributed by atoms with Crippen molar-refractivity contribution in [3.63, 3.8) is 0 Å². The molecular formula is C20H29N3O3. The van der Waals surface area contributed by atoms with Crippen LogP contribution in [0.25, 0.3) is 0 Å². The zero-order valence-electron chi connectivity index (χ0n) is 15.5. The van der Waals surface area contributed by atoms with Gasteiger partial charge in [0.2, 0.25) is 5.91 Å². The van der Waals surface area contributed by atoms with Crippen molar-refractivity contribution < 1.29 is 14.3 Å². The van der Waals surface area contributed by atoms with Gasteiger partial charge in [0, 0.05) is 25.7 Å². The molecule has 0 bridgehead atoms. The van der Waals surface area contributed by atoms with E-state index in [1.807, 2.05) is 35.2 Å². The number of nitrogens with zero attached hydrogens (tertiary/aromatic N) is 2. The highest BCUT2D eigenvalue weighted by molar-refractivity contribution is 5.81. The first-order chi connectivity index (χ1) is 12.5. The first-order valence-corrected chi connectivity index (χ1v) is 9.56. The van der Waals surface area contributed by atoms with E-state index in [0.717, 1.165) is 37.8 Å². The number of rotatable bonds is 6. The second kappa shape index (κ2) is 8.54. The summed E-state index contributed by atoms with van der Waals surface area (Å²) in [5, 5.41) is 0. The van der Waals surface area contributed by atoms with E-state index in [-0.39, 0.29) is 24.5 Å². The zero-order chi connectivity index (χ0) is 18.5. The lowest BCUT2D eigenvalue weighted by Crippen LogP contribution is -2.49. The van der Waals surface area contributed by atoms with Crippen LogP contribution in [0.2, 0.25) is 0 Å². The van der Waals surface area contributed by atoms with Gasteiger partial charge in [0.05, 0.1) is 6.04 Å². The molecule has 0 radical (unpaired) electrons. The number of nitrogens with two attached hydrogens (primary N) is 1. The van der Waals surface area contributed by atoms with Gasteiger partial charge in [-0.1, -0.05) is 30.3 Å². The fourth-order valence-corrected chi connectivity index (χ4v) is 3.54. The van der Waals surface area contributed by atoms with Crippen molar-refractivity contribution in [2.45, 2.75) is 51.3 Å². The van der Waals surface area contributed by atoms with Gasteiger partial charge in [-0.3, -0.25) is 4.79 Å². The highest BCUT2D eigenvalue weighted by Gasteiger charge is 2.36. The molecule has 0 spiro atoms. The lowest BCUT2D eigenvalue weighted by Gasteiger charge is -2.35. The maximum atomic E-state index is 12.4. The quantitative estimate of drug-likeness (QED) is 0.846. The lowest BCUT2D eigenvalue weighted by molar-refractivity contribution is -0.133. The Kier molecular flexibility index (Phi) is 6.14. The number of benzene rings is 1. The molecule has 6 nitrogen and oxygen atoms in total. The molecule has 2 N–H and O–H groups in total. The molecule has 26 heavy (non-hydrogen) atoms. The summed E-state index contributed by atoms with van der Waals surface area (Å²) in [5.41, 5.74) is 6.79. The Hall–Kier alpha value is -2.08. The van der Waals surface area contributed by atoms with E-state index in [1.54, 1.807) is 11.8 Å². The number of amides is 2. The summed E-state index contributed by atoms with van der Waals surface area (Å²) >= 11 is 0. The fraction of sp³-hybridized carbons (Fsp3) is 0.600. The van der Waals surface area contributed by atoms with Crippen molar-refractivity contribution in [1.82, 2.24) is 9.80 Å². The Labute approximate surface area is 155 Å². The Morgan fingerprint density at radius 2 is 2.00 bits per heavy atom. The molecule has 1 saturated heterocycles. The number of likely N-dealkylation sites (tertiary alicyclic amines) is 1. The summed E-state index contributed by atoms with van der Waals surface area (Å²) in [5.74, 6) is 0.313. The molecule has 6 heteroatoms. The maximum absolute atomic E-state index is 12.4. The normalized spacial score (nSPS) is 21.2. The van der Waals surface area contributed by atoms with E-state index in [0.29, 0.717) is 19.1 Å². The molecule has 1 aliphatic carbocycles. The van der Waals surface area contributed by atoms with E-state index in [2.05, 4.69) is 0 Å². The first kappa shape index (κ1) is 18.7. The summed E-state index contributed by atoms with van der Waals surface area (Å²) < 4.78 is 5.45. The highest BCUT2D eigenvalue weighted by atomic mass is 16.6. The van der Waals surface area contributed by atoms with Crippen LogP contribution < -0.4 is 5.73 Å². The molecule has 2 aliphatic rings. The maximum Gasteiger partial charge on any atom is 0.410 e. The smallest absolute Gasteiger partial charge is 0.410 e. The van der Waals surface area contributed by atoms with Crippen molar-refractivity contribution in [2.75, 3.05) is 19.6 Å². The zero-order valence-corrected chi connectivity index (χ0v) is 15.5. The van der Waals surface area contributed by atoms with Crippen molar-refractivity contribution in [3.05, 3.63) is 35.9 Å². The van der Waals surface area contributed by atoms with Gasteiger partial charge < -0.3 is 20.3 Å². The SMILES string of the molecule is C[C@H](N)C(=O)N(C[C@@H]1CCCN(C(=O)OCc2ccccc2)C1)C1CC1. The van der Waals surface area contributed by atoms with Gasteiger partial charge in [0.25, 0.3) is 0 Å². The van der Waals surface area contributed by atoms with Crippen LogP contribution in [0.3, 0.4) is 0 Å². The Morgan fingerprint density at radius 1 is 1.27 bits per heavy atom. The third-order valence-electron chi connectivity index (χ3n) is 5.10. The monoisotopic (exact) mass is 359 g/mol. The molecule has 3 rings (SSSR count). The van der Waals surface area contributed by atoms with Gasteiger partial charge in [0.1, 0.15) is 6.61 Å². The van der Waals surface area contributed by atoms with Crippen LogP contribution in [-0.2, 0) is 16.1 Å². The van der Waals surface area contributed by atoms with Crippen LogP contribution in [0.1, 0.15) is 38.2 Å². The van der Waals surface area contributed by atoms with Crippen LogP contribution in [0.4, 0.5) is 4.79 Å².